The van der Waals surface area contributed by atoms with Crippen molar-refractivity contribution in [3.8, 4) is 12.1 Å². The summed E-state index contributed by atoms with van der Waals surface area (Å²) in [5.74, 6) is 0. The van der Waals surface area contributed by atoms with Gasteiger partial charge in [-0.15, -0.1) is 0 Å². The van der Waals surface area contributed by atoms with Crippen LogP contribution in [0.2, 0.25) is 0 Å². The van der Waals surface area contributed by atoms with Crippen molar-refractivity contribution in [2.75, 3.05) is 41.3 Å². The highest BCUT2D eigenvalue weighted by Crippen LogP contribution is 2.18. The number of hydrogen-bond acceptors (Lipinski definition) is 5. The van der Waals surface area contributed by atoms with E-state index in [2.05, 4.69) is 50.1 Å². The van der Waals surface area contributed by atoms with Crippen LogP contribution in [-0.4, -0.2) is 63.3 Å². The topological polar surface area (TPSA) is 63.3 Å². The summed E-state index contributed by atoms with van der Waals surface area (Å²) in [5, 5.41) is 18.2. The van der Waals surface area contributed by atoms with Crippen molar-refractivity contribution in [3.05, 3.63) is 0 Å². The van der Waals surface area contributed by atoms with Crippen LogP contribution in [0.4, 0.5) is 0 Å². The SMILES string of the molecule is CN(C)CCCCCCC(CC#N)OC(CC#N)CCCCCCN(C)C. The molecule has 156 valence electrons. The van der Waals surface area contributed by atoms with Gasteiger partial charge in [0.25, 0.3) is 0 Å². The molecule has 0 aromatic rings. The number of unbranched alkanes of at least 4 members (excludes halogenated alkanes) is 6. The van der Waals surface area contributed by atoms with Gasteiger partial charge < -0.3 is 14.5 Å². The van der Waals surface area contributed by atoms with Gasteiger partial charge in [-0.2, -0.15) is 10.5 Å². The maximum absolute atomic E-state index is 9.09. The minimum Gasteiger partial charge on any atom is -0.373 e. The molecule has 0 aromatic carbocycles. The monoisotopic (exact) mass is 378 g/mol. The van der Waals surface area contributed by atoms with E-state index in [0.717, 1.165) is 38.8 Å². The first kappa shape index (κ1) is 25.9. The maximum atomic E-state index is 9.09. The third kappa shape index (κ3) is 18.0. The van der Waals surface area contributed by atoms with Crippen LogP contribution in [0.3, 0.4) is 0 Å². The molecule has 0 aliphatic carbocycles. The van der Waals surface area contributed by atoms with Gasteiger partial charge in [-0.25, -0.2) is 0 Å². The van der Waals surface area contributed by atoms with Gasteiger partial charge in [-0.1, -0.05) is 38.5 Å². The number of ether oxygens (including phenoxy) is 1. The zero-order chi connectivity index (χ0) is 20.3. The van der Waals surface area contributed by atoms with Gasteiger partial charge in [0.2, 0.25) is 0 Å². The second-order valence-electron chi connectivity index (χ2n) is 8.12. The molecule has 2 atom stereocenters. The van der Waals surface area contributed by atoms with Gasteiger partial charge >= 0.3 is 0 Å². The second kappa shape index (κ2) is 18.2. The summed E-state index contributed by atoms with van der Waals surface area (Å²) >= 11 is 0. The first-order valence-electron chi connectivity index (χ1n) is 10.7. The van der Waals surface area contributed by atoms with Crippen LogP contribution in [0.1, 0.15) is 77.0 Å². The molecule has 0 spiro atoms. The van der Waals surface area contributed by atoms with E-state index in [9.17, 15) is 0 Å². The molecule has 0 aromatic heterocycles. The maximum Gasteiger partial charge on any atom is 0.0709 e. The van der Waals surface area contributed by atoms with Crippen LogP contribution < -0.4 is 0 Å². The van der Waals surface area contributed by atoms with Crippen molar-refractivity contribution in [2.24, 2.45) is 0 Å². The average Bonchev–Trinajstić information content (AvgIpc) is 2.60. The Hall–Kier alpha value is -1.14. The summed E-state index contributed by atoms with van der Waals surface area (Å²) in [5.41, 5.74) is 0. The molecule has 0 saturated heterocycles. The van der Waals surface area contributed by atoms with E-state index in [0.29, 0.717) is 12.8 Å². The molecule has 0 amide bonds. The number of hydrogen-bond donors (Lipinski definition) is 0. The summed E-state index contributed by atoms with van der Waals surface area (Å²) in [7, 11) is 8.42. The van der Waals surface area contributed by atoms with E-state index < -0.39 is 0 Å². The summed E-state index contributed by atoms with van der Waals surface area (Å²) in [6.45, 7) is 2.27. The zero-order valence-electron chi connectivity index (χ0n) is 18.3. The summed E-state index contributed by atoms with van der Waals surface area (Å²) in [4.78, 5) is 4.43. The van der Waals surface area contributed by atoms with Crippen molar-refractivity contribution in [1.29, 1.82) is 10.5 Å². The van der Waals surface area contributed by atoms with E-state index in [1.54, 1.807) is 0 Å². The van der Waals surface area contributed by atoms with Crippen LogP contribution in [-0.2, 0) is 4.74 Å². The molecule has 5 heteroatoms. The van der Waals surface area contributed by atoms with Gasteiger partial charge in [0, 0.05) is 0 Å². The smallest absolute Gasteiger partial charge is 0.0709 e. The lowest BCUT2D eigenvalue weighted by Gasteiger charge is -2.22. The summed E-state index contributed by atoms with van der Waals surface area (Å²) in [6.07, 6.45) is 12.2. The Kier molecular flexibility index (Phi) is 17.5. The first-order chi connectivity index (χ1) is 13.0. The Morgan fingerprint density at radius 1 is 0.630 bits per heavy atom. The van der Waals surface area contributed by atoms with Crippen molar-refractivity contribution < 1.29 is 4.74 Å². The van der Waals surface area contributed by atoms with Crippen LogP contribution in [0.15, 0.2) is 0 Å². The summed E-state index contributed by atoms with van der Waals surface area (Å²) < 4.78 is 6.16. The van der Waals surface area contributed by atoms with Gasteiger partial charge in [0.1, 0.15) is 0 Å². The van der Waals surface area contributed by atoms with Crippen LogP contribution in [0, 0.1) is 22.7 Å². The molecule has 0 heterocycles. The van der Waals surface area contributed by atoms with E-state index in [-0.39, 0.29) is 12.2 Å². The Bertz CT molecular complexity index is 374. The van der Waals surface area contributed by atoms with Crippen molar-refractivity contribution in [3.63, 3.8) is 0 Å². The molecule has 0 aliphatic heterocycles. The molecule has 27 heavy (non-hydrogen) atoms. The number of nitrogens with zero attached hydrogens (tertiary/aromatic N) is 4. The number of nitriles is 2. The quantitative estimate of drug-likeness (QED) is 0.326. The van der Waals surface area contributed by atoms with Crippen molar-refractivity contribution in [1.82, 2.24) is 9.80 Å². The number of rotatable bonds is 18. The first-order valence-corrected chi connectivity index (χ1v) is 10.7. The Balaban J connectivity index is 4.06. The minimum atomic E-state index is -0.0176. The lowest BCUT2D eigenvalue weighted by Crippen LogP contribution is -2.22. The van der Waals surface area contributed by atoms with Crippen LogP contribution >= 0.6 is 0 Å². The van der Waals surface area contributed by atoms with Crippen molar-refractivity contribution in [2.45, 2.75) is 89.3 Å². The Labute approximate surface area is 168 Å². The van der Waals surface area contributed by atoms with Crippen molar-refractivity contribution >= 4 is 0 Å². The predicted octanol–water partition coefficient (Wildman–Crippen LogP) is 4.59. The average molecular weight is 379 g/mol. The van der Waals surface area contributed by atoms with Crippen LogP contribution in [0.25, 0.3) is 0 Å². The minimum absolute atomic E-state index is 0.0176. The van der Waals surface area contributed by atoms with Gasteiger partial charge in [-0.05, 0) is 67.0 Å². The third-order valence-corrected chi connectivity index (χ3v) is 4.79. The zero-order valence-corrected chi connectivity index (χ0v) is 18.3. The fourth-order valence-electron chi connectivity index (χ4n) is 3.22. The van der Waals surface area contributed by atoms with Gasteiger partial charge in [-0.3, -0.25) is 0 Å². The van der Waals surface area contributed by atoms with Gasteiger partial charge in [0.15, 0.2) is 0 Å². The Morgan fingerprint density at radius 2 is 1.00 bits per heavy atom. The van der Waals surface area contributed by atoms with Crippen LogP contribution in [0.5, 0.6) is 0 Å². The molecule has 2 unspecified atom stereocenters. The molecule has 5 nitrogen and oxygen atoms in total. The molecular formula is C22H42N4O. The highest BCUT2D eigenvalue weighted by Gasteiger charge is 2.16. The third-order valence-electron chi connectivity index (χ3n) is 4.79. The standard InChI is InChI=1S/C22H42N4O/c1-25(2)19-11-7-5-9-13-21(15-17-23)27-22(16-18-24)14-10-6-8-12-20-26(3)4/h21-22H,5-16,19-20H2,1-4H3. The van der Waals surface area contributed by atoms with E-state index in [1.165, 1.54) is 38.5 Å². The molecular weight excluding hydrogens is 336 g/mol. The largest absolute Gasteiger partial charge is 0.373 e. The molecule has 0 radical (unpaired) electrons. The highest BCUT2D eigenvalue weighted by atomic mass is 16.5. The van der Waals surface area contributed by atoms with Gasteiger partial charge in [0.05, 0.1) is 37.2 Å². The van der Waals surface area contributed by atoms with E-state index >= 15 is 0 Å². The summed E-state index contributed by atoms with van der Waals surface area (Å²) in [6, 6.07) is 4.52. The van der Waals surface area contributed by atoms with E-state index in [4.69, 9.17) is 15.3 Å². The fourth-order valence-corrected chi connectivity index (χ4v) is 3.22. The molecule has 0 rings (SSSR count). The normalized spacial score (nSPS) is 13.5. The molecule has 0 saturated carbocycles. The highest BCUT2D eigenvalue weighted by molar-refractivity contribution is 4.81. The van der Waals surface area contributed by atoms with E-state index in [1.807, 2.05) is 0 Å². The molecule has 0 fully saturated rings. The second-order valence-corrected chi connectivity index (χ2v) is 8.12. The lowest BCUT2D eigenvalue weighted by molar-refractivity contribution is -0.0174. The molecule has 0 bridgehead atoms. The fraction of sp³-hybridized carbons (Fsp3) is 0.909. The Morgan fingerprint density at radius 3 is 1.33 bits per heavy atom. The lowest BCUT2D eigenvalue weighted by atomic mass is 10.0. The molecule has 0 N–H and O–H groups in total. The molecule has 0 aliphatic rings. The predicted molar refractivity (Wildman–Crippen MR) is 112 cm³/mol.